The van der Waals surface area contributed by atoms with Crippen LogP contribution in [0.15, 0.2) is 58.0 Å². The molecule has 0 bridgehead atoms. The van der Waals surface area contributed by atoms with Crippen LogP contribution in [0.1, 0.15) is 66.7 Å². The van der Waals surface area contributed by atoms with Gasteiger partial charge in [0.1, 0.15) is 28.2 Å². The second kappa shape index (κ2) is 12.1. The molecule has 0 radical (unpaired) electrons. The lowest BCUT2D eigenvalue weighted by Crippen LogP contribution is -2.41. The van der Waals surface area contributed by atoms with Gasteiger partial charge in [0.15, 0.2) is 25.2 Å². The number of fused-ring (bicyclic) bond motifs is 2. The van der Waals surface area contributed by atoms with Crippen LogP contribution in [0.4, 0.5) is 0 Å². The number of pyridine rings is 2. The van der Waals surface area contributed by atoms with Crippen LogP contribution in [-0.4, -0.2) is 35.2 Å². The van der Waals surface area contributed by atoms with E-state index in [9.17, 15) is 9.59 Å². The summed E-state index contributed by atoms with van der Waals surface area (Å²) in [5, 5.41) is 0.709. The molecule has 1 atom stereocenters. The molecule has 4 aromatic heterocycles. The molecule has 4 heterocycles. The Labute approximate surface area is 268 Å². The number of carbonyl (C=O) groups is 1. The minimum absolute atomic E-state index is 0.0798. The van der Waals surface area contributed by atoms with Crippen LogP contribution < -0.4 is 15.9 Å². The van der Waals surface area contributed by atoms with Crippen molar-refractivity contribution in [3.8, 4) is 17.1 Å². The Morgan fingerprint density at radius 1 is 1.11 bits per heavy atom. The second-order valence-corrected chi connectivity index (χ2v) is 18.2. The molecule has 0 unspecified atom stereocenters. The first-order valence-corrected chi connectivity index (χ1v) is 18.2. The maximum Gasteiger partial charge on any atom is 0.271 e. The van der Waals surface area contributed by atoms with Crippen molar-refractivity contribution in [3.63, 3.8) is 0 Å². The third-order valence-corrected chi connectivity index (χ3v) is 13.3. The van der Waals surface area contributed by atoms with E-state index < -0.39 is 20.3 Å². The normalized spacial score (nSPS) is 13.0. The minimum atomic E-state index is -1.85. The first-order chi connectivity index (χ1) is 21.1. The molecule has 0 aliphatic heterocycles. The molecule has 0 fully saturated rings. The largest absolute Gasteiger partial charge is 0.483 e. The third kappa shape index (κ3) is 6.54. The summed E-state index contributed by atoms with van der Waals surface area (Å²) in [4.78, 5) is 34.5. The summed E-state index contributed by atoms with van der Waals surface area (Å²) in [5.74, 6) is -0.131. The van der Waals surface area contributed by atoms with Gasteiger partial charge in [-0.1, -0.05) is 32.4 Å². The number of ether oxygens (including phenoxy) is 1. The van der Waals surface area contributed by atoms with Crippen molar-refractivity contribution >= 4 is 42.4 Å². The summed E-state index contributed by atoms with van der Waals surface area (Å²) in [5.41, 5.74) is 10.2. The van der Waals surface area contributed by atoms with Crippen molar-refractivity contribution in [2.75, 3.05) is 6.61 Å². The molecule has 0 aliphatic carbocycles. The number of aryl methyl sites for hydroxylation is 1. The van der Waals surface area contributed by atoms with Gasteiger partial charge in [0, 0.05) is 42.1 Å². The van der Waals surface area contributed by atoms with Gasteiger partial charge in [-0.05, 0) is 80.9 Å². The van der Waals surface area contributed by atoms with E-state index in [4.69, 9.17) is 35.9 Å². The third-order valence-electron chi connectivity index (χ3n) is 8.58. The highest BCUT2D eigenvalue weighted by Gasteiger charge is 2.37. The van der Waals surface area contributed by atoms with E-state index in [2.05, 4.69) is 38.8 Å². The Balaban J connectivity index is 1.50. The van der Waals surface area contributed by atoms with Gasteiger partial charge in [0.2, 0.25) is 0 Å². The summed E-state index contributed by atoms with van der Waals surface area (Å²) in [6, 6.07) is 10.6. The monoisotopic (exact) mass is 646 g/mol. The number of amides is 1. The Morgan fingerprint density at radius 2 is 1.84 bits per heavy atom. The van der Waals surface area contributed by atoms with E-state index in [1.54, 1.807) is 19.9 Å². The number of imidazole rings is 1. The molecule has 9 nitrogen and oxygen atoms in total. The van der Waals surface area contributed by atoms with Gasteiger partial charge < -0.3 is 23.7 Å². The van der Waals surface area contributed by atoms with Gasteiger partial charge in [0.25, 0.3) is 5.91 Å². The van der Waals surface area contributed by atoms with Crippen LogP contribution in [0.2, 0.25) is 23.3 Å². The SMILES string of the molecule is Cc1cc([C@@H](C)Oc2ccc(Cl)nc2C(N)=O)c2oc(-c3ccc4nc(CCO[Si](C)(C)C(C)(C)C)cn4c3)c(C)c(=O)c2c1. The summed E-state index contributed by atoms with van der Waals surface area (Å²) in [6.07, 6.45) is 3.99. The number of hydrogen-bond donors (Lipinski definition) is 1. The lowest BCUT2D eigenvalue weighted by atomic mass is 10.00. The summed E-state index contributed by atoms with van der Waals surface area (Å²) >= 11 is 5.98. The molecular formula is C34H39ClN4O5Si. The van der Waals surface area contributed by atoms with Crippen molar-refractivity contribution in [2.24, 2.45) is 5.73 Å². The number of carbonyl (C=O) groups excluding carboxylic acids is 1. The standard InChI is InChI=1S/C34H39ClN4O5Si/c1-19-15-24(21(3)43-26-10-11-27(35)38-29(26)33(36)41)32-25(16-19)30(40)20(2)31(44-32)22-9-12-28-37-23(18-39(28)17-22)13-14-42-45(7,8)34(4,5)6/h9-12,15-18,21H,13-14H2,1-8H3,(H2,36,41)/t21-/m1/s1. The predicted octanol–water partition coefficient (Wildman–Crippen LogP) is 7.58. The number of nitrogens with two attached hydrogens (primary N) is 1. The molecule has 11 heteroatoms. The second-order valence-electron chi connectivity index (χ2n) is 13.0. The van der Waals surface area contributed by atoms with E-state index in [0.29, 0.717) is 40.9 Å². The van der Waals surface area contributed by atoms with Crippen LogP contribution in [0.3, 0.4) is 0 Å². The molecule has 0 saturated carbocycles. The fourth-order valence-electron chi connectivity index (χ4n) is 5.02. The van der Waals surface area contributed by atoms with Crippen LogP contribution in [0.5, 0.6) is 5.75 Å². The average molecular weight is 647 g/mol. The lowest BCUT2D eigenvalue weighted by Gasteiger charge is -2.36. The van der Waals surface area contributed by atoms with Gasteiger partial charge in [-0.3, -0.25) is 9.59 Å². The van der Waals surface area contributed by atoms with Gasteiger partial charge in [0.05, 0.1) is 11.1 Å². The maximum absolute atomic E-state index is 13.7. The average Bonchev–Trinajstić information content (AvgIpc) is 3.37. The van der Waals surface area contributed by atoms with Crippen molar-refractivity contribution in [2.45, 2.75) is 72.2 Å². The predicted molar refractivity (Wildman–Crippen MR) is 180 cm³/mol. The summed E-state index contributed by atoms with van der Waals surface area (Å²) in [7, 11) is -1.85. The van der Waals surface area contributed by atoms with Crippen LogP contribution in [0.25, 0.3) is 27.9 Å². The lowest BCUT2D eigenvalue weighted by molar-refractivity contribution is 0.0988. The highest BCUT2D eigenvalue weighted by atomic mass is 35.5. The van der Waals surface area contributed by atoms with Crippen LogP contribution in [0, 0.1) is 13.8 Å². The molecule has 1 aromatic carbocycles. The van der Waals surface area contributed by atoms with Crippen molar-refractivity contribution < 1.29 is 18.4 Å². The number of benzene rings is 1. The van der Waals surface area contributed by atoms with Gasteiger partial charge >= 0.3 is 0 Å². The van der Waals surface area contributed by atoms with Crippen LogP contribution >= 0.6 is 11.6 Å². The number of halogens is 1. The quantitative estimate of drug-likeness (QED) is 0.129. The molecule has 5 aromatic rings. The number of nitrogens with zero attached hydrogens (tertiary/aromatic N) is 3. The van der Waals surface area contributed by atoms with Crippen molar-refractivity contribution in [1.82, 2.24) is 14.4 Å². The van der Waals surface area contributed by atoms with Gasteiger partial charge in [-0.2, -0.15) is 0 Å². The van der Waals surface area contributed by atoms with Gasteiger partial charge in [-0.25, -0.2) is 9.97 Å². The molecule has 45 heavy (non-hydrogen) atoms. The molecule has 0 spiro atoms. The molecule has 0 saturated heterocycles. The van der Waals surface area contributed by atoms with Gasteiger partial charge in [-0.15, -0.1) is 0 Å². The zero-order valence-electron chi connectivity index (χ0n) is 26.9. The smallest absolute Gasteiger partial charge is 0.271 e. The Morgan fingerprint density at radius 3 is 2.53 bits per heavy atom. The van der Waals surface area contributed by atoms with Crippen molar-refractivity contribution in [1.29, 1.82) is 0 Å². The van der Waals surface area contributed by atoms with E-state index in [-0.39, 0.29) is 27.1 Å². The highest BCUT2D eigenvalue weighted by Crippen LogP contribution is 2.37. The molecular weight excluding hydrogens is 608 g/mol. The first-order valence-electron chi connectivity index (χ1n) is 14.9. The zero-order valence-corrected chi connectivity index (χ0v) is 28.7. The number of aromatic nitrogens is 3. The zero-order chi connectivity index (χ0) is 32.8. The molecule has 1 amide bonds. The first kappa shape index (κ1) is 32.4. The number of hydrogen-bond acceptors (Lipinski definition) is 7. The minimum Gasteiger partial charge on any atom is -0.483 e. The number of rotatable bonds is 9. The van der Waals surface area contributed by atoms with E-state index in [1.807, 2.05) is 48.0 Å². The Bertz CT molecular complexity index is 1990. The Hall–Kier alpha value is -3.99. The Kier molecular flexibility index (Phi) is 8.69. The molecule has 236 valence electrons. The number of primary amides is 1. The van der Waals surface area contributed by atoms with E-state index in [1.165, 1.54) is 6.07 Å². The fraction of sp³-hybridized carbons (Fsp3) is 0.353. The molecule has 5 rings (SSSR count). The summed E-state index contributed by atoms with van der Waals surface area (Å²) < 4.78 is 21.0. The topological polar surface area (TPSA) is 122 Å². The van der Waals surface area contributed by atoms with E-state index >= 15 is 0 Å². The van der Waals surface area contributed by atoms with E-state index in [0.717, 1.165) is 22.5 Å². The molecule has 0 aliphatic rings. The highest BCUT2D eigenvalue weighted by molar-refractivity contribution is 6.74. The molecule has 2 N–H and O–H groups in total. The maximum atomic E-state index is 13.7. The fourth-order valence-corrected chi connectivity index (χ4v) is 6.21. The summed E-state index contributed by atoms with van der Waals surface area (Å²) in [6.45, 7) is 17.3. The van der Waals surface area contributed by atoms with Crippen LogP contribution in [-0.2, 0) is 10.8 Å². The van der Waals surface area contributed by atoms with Crippen molar-refractivity contribution in [3.05, 3.63) is 92.2 Å².